The van der Waals surface area contributed by atoms with Crippen molar-refractivity contribution >= 4 is 27.6 Å². The maximum absolute atomic E-state index is 11.4. The van der Waals surface area contributed by atoms with Crippen LogP contribution >= 0.6 is 15.9 Å². The molecule has 0 aliphatic rings. The van der Waals surface area contributed by atoms with E-state index in [9.17, 15) is 4.79 Å². The summed E-state index contributed by atoms with van der Waals surface area (Å²) in [4.78, 5) is 11.4. The number of aryl methyl sites for hydroxylation is 2. The highest BCUT2D eigenvalue weighted by molar-refractivity contribution is 9.10. The van der Waals surface area contributed by atoms with Crippen LogP contribution in [0.3, 0.4) is 0 Å². The van der Waals surface area contributed by atoms with Gasteiger partial charge in [0.25, 0.3) is 0 Å². The van der Waals surface area contributed by atoms with E-state index in [0.29, 0.717) is 6.54 Å². The molecule has 1 aromatic carbocycles. The molecule has 2 amide bonds. The Bertz CT molecular complexity index is 354. The fourth-order valence-electron chi connectivity index (χ4n) is 1.43. The van der Waals surface area contributed by atoms with Crippen LogP contribution in [0.1, 0.15) is 18.1 Å². The second-order valence-electron chi connectivity index (χ2n) is 3.40. The summed E-state index contributed by atoms with van der Waals surface area (Å²) >= 11 is 3.42. The summed E-state index contributed by atoms with van der Waals surface area (Å²) in [5.41, 5.74) is 2.98. The summed E-state index contributed by atoms with van der Waals surface area (Å²) < 4.78 is 1.03. The van der Waals surface area contributed by atoms with Crippen LogP contribution in [-0.2, 0) is 0 Å². The third kappa shape index (κ3) is 3.23. The maximum atomic E-state index is 11.4. The van der Waals surface area contributed by atoms with Gasteiger partial charge in [0.1, 0.15) is 0 Å². The fraction of sp³-hybridized carbons (Fsp3) is 0.364. The Labute approximate surface area is 98.4 Å². The van der Waals surface area contributed by atoms with Gasteiger partial charge in [0.2, 0.25) is 0 Å². The van der Waals surface area contributed by atoms with Crippen LogP contribution in [0.25, 0.3) is 0 Å². The third-order valence-electron chi connectivity index (χ3n) is 2.07. The quantitative estimate of drug-likeness (QED) is 0.852. The molecule has 15 heavy (non-hydrogen) atoms. The summed E-state index contributed by atoms with van der Waals surface area (Å²) in [6.07, 6.45) is 0. The average Bonchev–Trinajstić information content (AvgIpc) is 2.11. The lowest BCUT2D eigenvalue weighted by Gasteiger charge is -2.12. The van der Waals surface area contributed by atoms with Crippen LogP contribution in [0.4, 0.5) is 10.5 Å². The van der Waals surface area contributed by atoms with Crippen LogP contribution in [0.2, 0.25) is 0 Å². The summed E-state index contributed by atoms with van der Waals surface area (Å²) in [7, 11) is 0. The Morgan fingerprint density at radius 2 is 1.87 bits per heavy atom. The highest BCUT2D eigenvalue weighted by Crippen LogP contribution is 2.24. The number of amides is 2. The zero-order valence-electron chi connectivity index (χ0n) is 9.15. The van der Waals surface area contributed by atoms with Gasteiger partial charge in [-0.2, -0.15) is 0 Å². The van der Waals surface area contributed by atoms with E-state index in [1.54, 1.807) is 0 Å². The van der Waals surface area contributed by atoms with Crippen molar-refractivity contribution in [3.05, 3.63) is 27.7 Å². The van der Waals surface area contributed by atoms with Gasteiger partial charge in [-0.25, -0.2) is 4.79 Å². The van der Waals surface area contributed by atoms with Crippen molar-refractivity contribution in [3.63, 3.8) is 0 Å². The van der Waals surface area contributed by atoms with Gasteiger partial charge < -0.3 is 10.6 Å². The van der Waals surface area contributed by atoms with Crippen LogP contribution in [0.5, 0.6) is 0 Å². The van der Waals surface area contributed by atoms with E-state index >= 15 is 0 Å². The van der Waals surface area contributed by atoms with Crippen LogP contribution < -0.4 is 10.6 Å². The number of carbonyl (C=O) groups excluding carboxylic acids is 1. The molecular weight excluding hydrogens is 256 g/mol. The lowest BCUT2D eigenvalue weighted by molar-refractivity contribution is 0.252. The number of halogens is 1. The van der Waals surface area contributed by atoms with E-state index in [-0.39, 0.29) is 6.03 Å². The Kier molecular flexibility index (Phi) is 4.15. The average molecular weight is 271 g/mol. The molecule has 0 aliphatic heterocycles. The summed E-state index contributed by atoms with van der Waals surface area (Å²) in [5, 5.41) is 5.54. The second-order valence-corrected chi connectivity index (χ2v) is 4.31. The van der Waals surface area contributed by atoms with Crippen LogP contribution in [0, 0.1) is 13.8 Å². The number of benzene rings is 1. The van der Waals surface area contributed by atoms with E-state index in [2.05, 4.69) is 26.6 Å². The molecule has 0 saturated carbocycles. The lowest BCUT2D eigenvalue weighted by Crippen LogP contribution is -2.28. The van der Waals surface area contributed by atoms with Crippen molar-refractivity contribution in [2.75, 3.05) is 11.9 Å². The zero-order valence-corrected chi connectivity index (χ0v) is 10.7. The molecule has 0 atom stereocenters. The van der Waals surface area contributed by atoms with Crippen LogP contribution in [0.15, 0.2) is 16.6 Å². The van der Waals surface area contributed by atoms with Gasteiger partial charge in [-0.3, -0.25) is 0 Å². The molecule has 0 fully saturated rings. The number of carbonyl (C=O) groups is 1. The van der Waals surface area contributed by atoms with E-state index in [1.165, 1.54) is 0 Å². The minimum absolute atomic E-state index is 0.161. The first-order chi connectivity index (χ1) is 7.04. The third-order valence-corrected chi connectivity index (χ3v) is 2.53. The van der Waals surface area contributed by atoms with Crippen molar-refractivity contribution < 1.29 is 4.79 Å². The maximum Gasteiger partial charge on any atom is 0.319 e. The molecular formula is C11H15BrN2O. The van der Waals surface area contributed by atoms with Crippen molar-refractivity contribution in [2.45, 2.75) is 20.8 Å². The number of urea groups is 1. The first kappa shape index (κ1) is 12.0. The molecule has 4 heteroatoms. The fourth-order valence-corrected chi connectivity index (χ4v) is 2.11. The number of rotatable bonds is 2. The lowest BCUT2D eigenvalue weighted by atomic mass is 10.1. The number of anilines is 1. The largest absolute Gasteiger partial charge is 0.338 e. The summed E-state index contributed by atoms with van der Waals surface area (Å²) in [5.74, 6) is 0. The molecule has 82 valence electrons. The van der Waals surface area contributed by atoms with Gasteiger partial charge >= 0.3 is 6.03 Å². The van der Waals surface area contributed by atoms with E-state index in [0.717, 1.165) is 21.3 Å². The van der Waals surface area contributed by atoms with Gasteiger partial charge in [-0.05, 0) is 44.0 Å². The van der Waals surface area contributed by atoms with E-state index in [1.807, 2.05) is 32.9 Å². The first-order valence-corrected chi connectivity index (χ1v) is 5.65. The van der Waals surface area contributed by atoms with Crippen molar-refractivity contribution in [1.29, 1.82) is 0 Å². The molecule has 1 aromatic rings. The molecule has 1 rings (SSSR count). The molecule has 0 aliphatic carbocycles. The molecule has 0 spiro atoms. The number of hydrogen-bond acceptors (Lipinski definition) is 1. The highest BCUT2D eigenvalue weighted by Gasteiger charge is 2.07. The summed E-state index contributed by atoms with van der Waals surface area (Å²) in [6.45, 7) is 6.46. The predicted molar refractivity (Wildman–Crippen MR) is 66.3 cm³/mol. The van der Waals surface area contributed by atoms with Gasteiger partial charge in [-0.1, -0.05) is 15.9 Å². The van der Waals surface area contributed by atoms with Gasteiger partial charge in [0.15, 0.2) is 0 Å². The van der Waals surface area contributed by atoms with Crippen molar-refractivity contribution in [3.8, 4) is 0 Å². The first-order valence-electron chi connectivity index (χ1n) is 4.86. The molecule has 0 heterocycles. The number of hydrogen-bond donors (Lipinski definition) is 2. The van der Waals surface area contributed by atoms with Gasteiger partial charge in [0, 0.05) is 16.7 Å². The van der Waals surface area contributed by atoms with E-state index < -0.39 is 0 Å². The van der Waals surface area contributed by atoms with Crippen molar-refractivity contribution in [2.24, 2.45) is 0 Å². The highest BCUT2D eigenvalue weighted by atomic mass is 79.9. The Morgan fingerprint density at radius 3 is 2.33 bits per heavy atom. The summed E-state index contributed by atoms with van der Waals surface area (Å²) in [6, 6.07) is 3.80. The standard InChI is InChI=1S/C11H15BrN2O/c1-4-13-11(15)14-10-7(2)5-9(12)6-8(10)3/h5-6H,4H2,1-3H3,(H2,13,14,15). The Hall–Kier alpha value is -1.03. The molecule has 0 aromatic heterocycles. The van der Waals surface area contributed by atoms with Crippen molar-refractivity contribution in [1.82, 2.24) is 5.32 Å². The molecule has 0 unspecified atom stereocenters. The smallest absolute Gasteiger partial charge is 0.319 e. The molecule has 0 saturated heterocycles. The topological polar surface area (TPSA) is 41.1 Å². The minimum Gasteiger partial charge on any atom is -0.338 e. The molecule has 3 nitrogen and oxygen atoms in total. The van der Waals surface area contributed by atoms with Gasteiger partial charge in [0.05, 0.1) is 0 Å². The Morgan fingerprint density at radius 1 is 1.33 bits per heavy atom. The number of nitrogens with one attached hydrogen (secondary N) is 2. The minimum atomic E-state index is -0.161. The zero-order chi connectivity index (χ0) is 11.4. The second kappa shape index (κ2) is 5.16. The molecule has 0 bridgehead atoms. The SMILES string of the molecule is CCNC(=O)Nc1c(C)cc(Br)cc1C. The van der Waals surface area contributed by atoms with Gasteiger partial charge in [-0.15, -0.1) is 0 Å². The monoisotopic (exact) mass is 270 g/mol. The molecule has 2 N–H and O–H groups in total. The Balaban J connectivity index is 2.90. The van der Waals surface area contributed by atoms with Crippen LogP contribution in [-0.4, -0.2) is 12.6 Å². The normalized spacial score (nSPS) is 9.87. The predicted octanol–water partition coefficient (Wildman–Crippen LogP) is 3.21. The van der Waals surface area contributed by atoms with E-state index in [4.69, 9.17) is 0 Å². The molecule has 0 radical (unpaired) electrons.